The largest absolute Gasteiger partial charge is 0.480 e. The molecule has 0 bridgehead atoms. The van der Waals surface area contributed by atoms with Crippen molar-refractivity contribution in [3.63, 3.8) is 0 Å². The third-order valence-electron chi connectivity index (χ3n) is 1.16. The van der Waals surface area contributed by atoms with Gasteiger partial charge in [-0.05, 0) is 12.3 Å². The van der Waals surface area contributed by atoms with Crippen LogP contribution in [0.2, 0.25) is 0 Å². The van der Waals surface area contributed by atoms with E-state index in [1.807, 2.05) is 13.8 Å². The first-order valence-corrected chi connectivity index (χ1v) is 3.20. The first-order valence-electron chi connectivity index (χ1n) is 3.20. The van der Waals surface area contributed by atoms with Gasteiger partial charge in [0, 0.05) is 0 Å². The van der Waals surface area contributed by atoms with Crippen molar-refractivity contribution in [3.05, 3.63) is 0 Å². The number of hydrogen-bond acceptors (Lipinski definition) is 2. The van der Waals surface area contributed by atoms with Crippen LogP contribution in [-0.4, -0.2) is 11.1 Å². The molecule has 1 N–H and O–H groups in total. The zero-order valence-corrected chi connectivity index (χ0v) is 6.16. The van der Waals surface area contributed by atoms with Gasteiger partial charge in [0.05, 0.1) is 6.07 Å². The van der Waals surface area contributed by atoms with Crippen LogP contribution in [-0.2, 0) is 4.79 Å². The predicted molar refractivity (Wildman–Crippen MR) is 36.2 cm³/mol. The molecule has 56 valence electrons. The highest BCUT2D eigenvalue weighted by atomic mass is 16.4. The lowest BCUT2D eigenvalue weighted by Crippen LogP contribution is -2.13. The normalized spacial score (nSPS) is 12.6. The Morgan fingerprint density at radius 1 is 1.70 bits per heavy atom. The van der Waals surface area contributed by atoms with Gasteiger partial charge in [0.15, 0.2) is 0 Å². The summed E-state index contributed by atoms with van der Waals surface area (Å²) in [6.45, 7) is 3.79. The summed E-state index contributed by atoms with van der Waals surface area (Å²) < 4.78 is 0. The van der Waals surface area contributed by atoms with Crippen LogP contribution in [0.5, 0.6) is 0 Å². The van der Waals surface area contributed by atoms with E-state index in [-0.39, 0.29) is 5.92 Å². The second kappa shape index (κ2) is 3.89. The molecule has 0 radical (unpaired) electrons. The van der Waals surface area contributed by atoms with Crippen molar-refractivity contribution in [2.24, 2.45) is 11.8 Å². The highest BCUT2D eigenvalue weighted by Crippen LogP contribution is 2.10. The zero-order valence-electron chi connectivity index (χ0n) is 6.16. The molecular formula is C7H11NO2. The molecule has 0 aliphatic rings. The van der Waals surface area contributed by atoms with Crippen LogP contribution in [0.3, 0.4) is 0 Å². The van der Waals surface area contributed by atoms with Crippen LogP contribution in [0.25, 0.3) is 0 Å². The molecule has 0 aromatic rings. The second-order valence-corrected chi connectivity index (χ2v) is 2.65. The third-order valence-corrected chi connectivity index (χ3v) is 1.16. The maximum absolute atomic E-state index is 10.2. The van der Waals surface area contributed by atoms with E-state index in [4.69, 9.17) is 10.4 Å². The van der Waals surface area contributed by atoms with E-state index in [0.717, 1.165) is 0 Å². The maximum atomic E-state index is 10.2. The number of nitrogens with zero attached hydrogens (tertiary/aromatic N) is 1. The van der Waals surface area contributed by atoms with E-state index in [9.17, 15) is 4.79 Å². The molecule has 0 spiro atoms. The van der Waals surface area contributed by atoms with Crippen molar-refractivity contribution in [2.75, 3.05) is 0 Å². The summed E-state index contributed by atoms with van der Waals surface area (Å²) in [6, 6.07) is 1.73. The highest BCUT2D eigenvalue weighted by molar-refractivity contribution is 5.72. The van der Waals surface area contributed by atoms with Crippen molar-refractivity contribution in [1.82, 2.24) is 0 Å². The third kappa shape index (κ3) is 3.08. The van der Waals surface area contributed by atoms with Crippen LogP contribution >= 0.6 is 0 Å². The van der Waals surface area contributed by atoms with E-state index in [0.29, 0.717) is 6.42 Å². The average Bonchev–Trinajstić information content (AvgIpc) is 1.81. The standard InChI is InChI=1S/C7H11NO2/c1-5(2)3-6(4-8)7(9)10/h5-6H,3H2,1-2H3,(H,9,10)/t6-/m0/s1. The van der Waals surface area contributed by atoms with Gasteiger partial charge in [-0.25, -0.2) is 0 Å². The molecule has 0 saturated heterocycles. The average molecular weight is 141 g/mol. The fraction of sp³-hybridized carbons (Fsp3) is 0.714. The Kier molecular flexibility index (Phi) is 3.48. The van der Waals surface area contributed by atoms with Gasteiger partial charge >= 0.3 is 5.97 Å². The first-order chi connectivity index (χ1) is 4.57. The molecule has 1 atom stereocenters. The van der Waals surface area contributed by atoms with Crippen molar-refractivity contribution in [2.45, 2.75) is 20.3 Å². The maximum Gasteiger partial charge on any atom is 0.320 e. The number of rotatable bonds is 3. The molecule has 3 heteroatoms. The number of carboxylic acid groups (broad SMARTS) is 1. The number of carbonyl (C=O) groups is 1. The smallest absolute Gasteiger partial charge is 0.320 e. The van der Waals surface area contributed by atoms with Crippen LogP contribution in [0.4, 0.5) is 0 Å². The summed E-state index contributed by atoms with van der Waals surface area (Å²) in [5.74, 6) is -1.59. The molecule has 0 heterocycles. The van der Waals surface area contributed by atoms with Gasteiger partial charge in [-0.1, -0.05) is 13.8 Å². The topological polar surface area (TPSA) is 61.1 Å². The molecule has 0 aromatic carbocycles. The van der Waals surface area contributed by atoms with Crippen LogP contribution < -0.4 is 0 Å². The fourth-order valence-electron chi connectivity index (χ4n) is 0.680. The fourth-order valence-corrected chi connectivity index (χ4v) is 0.680. The minimum absolute atomic E-state index is 0.265. The Morgan fingerprint density at radius 2 is 2.20 bits per heavy atom. The Labute approximate surface area is 60.3 Å². The van der Waals surface area contributed by atoms with Gasteiger partial charge in [-0.3, -0.25) is 4.79 Å². The van der Waals surface area contributed by atoms with Gasteiger partial charge < -0.3 is 5.11 Å². The van der Waals surface area contributed by atoms with E-state index in [1.54, 1.807) is 6.07 Å². The minimum atomic E-state index is -1.02. The van der Waals surface area contributed by atoms with Gasteiger partial charge in [0.25, 0.3) is 0 Å². The summed E-state index contributed by atoms with van der Waals surface area (Å²) in [6.07, 6.45) is 0.436. The van der Waals surface area contributed by atoms with E-state index in [1.165, 1.54) is 0 Å². The lowest BCUT2D eigenvalue weighted by Gasteiger charge is -2.05. The Bertz CT molecular complexity index is 157. The number of hydrogen-bond donors (Lipinski definition) is 1. The first kappa shape index (κ1) is 8.96. The highest BCUT2D eigenvalue weighted by Gasteiger charge is 2.16. The summed E-state index contributed by atoms with van der Waals surface area (Å²) in [5.41, 5.74) is 0. The van der Waals surface area contributed by atoms with Crippen molar-refractivity contribution < 1.29 is 9.90 Å². The van der Waals surface area contributed by atoms with E-state index < -0.39 is 11.9 Å². The Hall–Kier alpha value is -1.04. The molecule has 0 rings (SSSR count). The van der Waals surface area contributed by atoms with Crippen LogP contribution in [0.1, 0.15) is 20.3 Å². The molecule has 0 saturated carbocycles. The number of nitriles is 1. The molecule has 0 fully saturated rings. The number of carboxylic acids is 1. The molecular weight excluding hydrogens is 130 g/mol. The van der Waals surface area contributed by atoms with Crippen LogP contribution in [0.15, 0.2) is 0 Å². The van der Waals surface area contributed by atoms with Gasteiger partial charge in [-0.15, -0.1) is 0 Å². The SMILES string of the molecule is CC(C)C[C@@H](C#N)C(=O)O. The minimum Gasteiger partial charge on any atom is -0.480 e. The molecule has 0 aromatic heterocycles. The monoisotopic (exact) mass is 141 g/mol. The quantitative estimate of drug-likeness (QED) is 0.643. The summed E-state index contributed by atoms with van der Waals surface area (Å²) in [5, 5.41) is 16.7. The van der Waals surface area contributed by atoms with Gasteiger partial charge in [-0.2, -0.15) is 5.26 Å². The summed E-state index contributed by atoms with van der Waals surface area (Å²) in [7, 11) is 0. The molecule has 10 heavy (non-hydrogen) atoms. The molecule has 0 unspecified atom stereocenters. The summed E-state index contributed by atoms with van der Waals surface area (Å²) in [4.78, 5) is 10.2. The lowest BCUT2D eigenvalue weighted by molar-refractivity contribution is -0.140. The molecule has 0 aliphatic heterocycles. The van der Waals surface area contributed by atoms with E-state index in [2.05, 4.69) is 0 Å². The lowest BCUT2D eigenvalue weighted by atomic mass is 9.99. The van der Waals surface area contributed by atoms with Crippen molar-refractivity contribution in [3.8, 4) is 6.07 Å². The number of aliphatic carboxylic acids is 1. The second-order valence-electron chi connectivity index (χ2n) is 2.65. The Morgan fingerprint density at radius 3 is 2.30 bits per heavy atom. The van der Waals surface area contributed by atoms with E-state index >= 15 is 0 Å². The van der Waals surface area contributed by atoms with Crippen molar-refractivity contribution >= 4 is 5.97 Å². The van der Waals surface area contributed by atoms with Gasteiger partial charge in [0.1, 0.15) is 5.92 Å². The zero-order chi connectivity index (χ0) is 8.15. The molecule has 0 aliphatic carbocycles. The van der Waals surface area contributed by atoms with Crippen molar-refractivity contribution in [1.29, 1.82) is 5.26 Å². The Balaban J connectivity index is 3.88. The van der Waals surface area contributed by atoms with Crippen LogP contribution in [0, 0.1) is 23.2 Å². The van der Waals surface area contributed by atoms with Gasteiger partial charge in [0.2, 0.25) is 0 Å². The molecule has 0 amide bonds. The molecule has 3 nitrogen and oxygen atoms in total. The predicted octanol–water partition coefficient (Wildman–Crippen LogP) is 1.26. The summed E-state index contributed by atoms with van der Waals surface area (Å²) >= 11 is 0.